The number of aliphatic hydroxyl groups excluding tert-OH is 1. The number of esters is 1. The van der Waals surface area contributed by atoms with Gasteiger partial charge in [0.25, 0.3) is 5.91 Å². The lowest BCUT2D eigenvalue weighted by molar-refractivity contribution is -0.149. The van der Waals surface area contributed by atoms with Crippen LogP contribution in [0.15, 0.2) is 22.7 Å². The van der Waals surface area contributed by atoms with Crippen LogP contribution in [0.25, 0.3) is 0 Å². The van der Waals surface area contributed by atoms with Gasteiger partial charge in [0.2, 0.25) is 0 Å². The van der Waals surface area contributed by atoms with Crippen LogP contribution in [0.5, 0.6) is 0 Å². The van der Waals surface area contributed by atoms with Crippen molar-refractivity contribution in [3.63, 3.8) is 0 Å². The SMILES string of the molecule is COC(=O)C(O)CNC(=O)c1cc(Cl)ccc1Br. The number of benzene rings is 1. The van der Waals surface area contributed by atoms with Crippen molar-refractivity contribution in [2.24, 2.45) is 0 Å². The molecule has 0 fully saturated rings. The molecule has 0 aromatic heterocycles. The number of carbonyl (C=O) groups is 2. The summed E-state index contributed by atoms with van der Waals surface area (Å²) in [6.45, 7) is -0.232. The highest BCUT2D eigenvalue weighted by Gasteiger charge is 2.17. The van der Waals surface area contributed by atoms with Gasteiger partial charge in [0, 0.05) is 9.50 Å². The van der Waals surface area contributed by atoms with Gasteiger partial charge in [-0.2, -0.15) is 0 Å². The summed E-state index contributed by atoms with van der Waals surface area (Å²) < 4.78 is 4.89. The normalized spacial score (nSPS) is 11.8. The molecule has 0 saturated heterocycles. The first kappa shape index (κ1) is 14.9. The Kier molecular flexibility index (Phi) is 5.58. The Hall–Kier alpha value is -1.11. The molecule has 0 spiro atoms. The van der Waals surface area contributed by atoms with Gasteiger partial charge >= 0.3 is 5.97 Å². The highest BCUT2D eigenvalue weighted by atomic mass is 79.9. The third-order valence-electron chi connectivity index (χ3n) is 2.10. The quantitative estimate of drug-likeness (QED) is 0.814. The van der Waals surface area contributed by atoms with Crippen LogP contribution in [0.3, 0.4) is 0 Å². The number of rotatable bonds is 4. The van der Waals surface area contributed by atoms with Crippen molar-refractivity contribution >= 4 is 39.4 Å². The second-order valence-electron chi connectivity index (χ2n) is 3.37. The molecule has 1 aromatic carbocycles. The van der Waals surface area contributed by atoms with Gasteiger partial charge in [-0.3, -0.25) is 4.79 Å². The van der Waals surface area contributed by atoms with E-state index in [1.807, 2.05) is 0 Å². The summed E-state index contributed by atoms with van der Waals surface area (Å²) in [6, 6.07) is 4.74. The van der Waals surface area contributed by atoms with Crippen molar-refractivity contribution < 1.29 is 19.4 Å². The number of nitrogens with one attached hydrogen (secondary N) is 1. The summed E-state index contributed by atoms with van der Waals surface area (Å²) in [5, 5.41) is 12.1. The van der Waals surface area contributed by atoms with Crippen molar-refractivity contribution in [2.75, 3.05) is 13.7 Å². The van der Waals surface area contributed by atoms with Gasteiger partial charge in [-0.05, 0) is 34.1 Å². The van der Waals surface area contributed by atoms with Crippen molar-refractivity contribution in [3.8, 4) is 0 Å². The fourth-order valence-electron chi connectivity index (χ4n) is 1.18. The van der Waals surface area contributed by atoms with Crippen LogP contribution < -0.4 is 5.32 Å². The van der Waals surface area contributed by atoms with Gasteiger partial charge in [0.1, 0.15) is 0 Å². The van der Waals surface area contributed by atoms with E-state index in [0.717, 1.165) is 7.11 Å². The van der Waals surface area contributed by atoms with E-state index in [2.05, 4.69) is 26.0 Å². The number of amides is 1. The topological polar surface area (TPSA) is 75.6 Å². The first-order chi connectivity index (χ1) is 8.45. The minimum absolute atomic E-state index is 0.232. The fourth-order valence-corrected chi connectivity index (χ4v) is 1.77. The molecule has 0 bridgehead atoms. The number of halogens is 2. The first-order valence-electron chi connectivity index (χ1n) is 4.95. The molecule has 5 nitrogen and oxygen atoms in total. The molecule has 18 heavy (non-hydrogen) atoms. The third-order valence-corrected chi connectivity index (χ3v) is 3.03. The summed E-state index contributed by atoms with van der Waals surface area (Å²) in [4.78, 5) is 22.7. The fraction of sp³-hybridized carbons (Fsp3) is 0.273. The van der Waals surface area contributed by atoms with Crippen LogP contribution in [0.4, 0.5) is 0 Å². The molecule has 2 N–H and O–H groups in total. The van der Waals surface area contributed by atoms with Gasteiger partial charge in [-0.25, -0.2) is 4.79 Å². The third kappa shape index (κ3) is 3.97. The molecule has 0 radical (unpaired) electrons. The van der Waals surface area contributed by atoms with Gasteiger partial charge in [-0.1, -0.05) is 11.6 Å². The second kappa shape index (κ2) is 6.72. The number of methoxy groups -OCH3 is 1. The van der Waals surface area contributed by atoms with Gasteiger partial charge < -0.3 is 15.2 Å². The Balaban J connectivity index is 2.66. The zero-order valence-corrected chi connectivity index (χ0v) is 11.8. The molecule has 1 aromatic rings. The maximum Gasteiger partial charge on any atom is 0.336 e. The number of aliphatic hydroxyl groups is 1. The monoisotopic (exact) mass is 335 g/mol. The molecule has 0 saturated carbocycles. The van der Waals surface area contributed by atoms with Crippen molar-refractivity contribution in [1.82, 2.24) is 5.32 Å². The number of ether oxygens (including phenoxy) is 1. The molecule has 7 heteroatoms. The summed E-state index contributed by atoms with van der Waals surface area (Å²) in [6.07, 6.45) is -1.39. The van der Waals surface area contributed by atoms with E-state index in [9.17, 15) is 14.7 Å². The van der Waals surface area contributed by atoms with Crippen LogP contribution in [0, 0.1) is 0 Å². The lowest BCUT2D eigenvalue weighted by Crippen LogP contribution is -2.37. The average molecular weight is 337 g/mol. The van der Waals surface area contributed by atoms with Crippen molar-refractivity contribution in [3.05, 3.63) is 33.3 Å². The number of hydrogen-bond donors (Lipinski definition) is 2. The Labute approximate surface area is 117 Å². The van der Waals surface area contributed by atoms with E-state index < -0.39 is 18.0 Å². The summed E-state index contributed by atoms with van der Waals surface area (Å²) >= 11 is 8.98. The number of carbonyl (C=O) groups excluding carboxylic acids is 2. The Bertz CT molecular complexity index is 466. The molecule has 1 unspecified atom stereocenters. The molecular formula is C11H11BrClNO4. The van der Waals surface area contributed by atoms with E-state index in [1.54, 1.807) is 12.1 Å². The van der Waals surface area contributed by atoms with E-state index >= 15 is 0 Å². The maximum atomic E-state index is 11.8. The van der Waals surface area contributed by atoms with Crippen LogP contribution in [-0.4, -0.2) is 36.7 Å². The molecule has 98 valence electrons. The van der Waals surface area contributed by atoms with Crippen LogP contribution in [-0.2, 0) is 9.53 Å². The van der Waals surface area contributed by atoms with E-state index in [0.29, 0.717) is 15.1 Å². The minimum atomic E-state index is -1.39. The first-order valence-corrected chi connectivity index (χ1v) is 6.12. The summed E-state index contributed by atoms with van der Waals surface area (Å²) in [5.41, 5.74) is 0.319. The predicted octanol–water partition coefficient (Wildman–Crippen LogP) is 1.37. The largest absolute Gasteiger partial charge is 0.467 e. The van der Waals surface area contributed by atoms with Crippen LogP contribution in [0.2, 0.25) is 5.02 Å². The van der Waals surface area contributed by atoms with Gasteiger partial charge in [0.05, 0.1) is 19.2 Å². The summed E-state index contributed by atoms with van der Waals surface area (Å²) in [5.74, 6) is -1.26. The zero-order chi connectivity index (χ0) is 13.7. The molecule has 1 rings (SSSR count). The molecule has 1 atom stereocenters. The van der Waals surface area contributed by atoms with Gasteiger partial charge in [0.15, 0.2) is 6.10 Å². The Morgan fingerprint density at radius 2 is 2.22 bits per heavy atom. The lowest BCUT2D eigenvalue weighted by Gasteiger charge is -2.10. The van der Waals surface area contributed by atoms with Gasteiger partial charge in [-0.15, -0.1) is 0 Å². The Morgan fingerprint density at radius 1 is 1.56 bits per heavy atom. The van der Waals surface area contributed by atoms with E-state index in [-0.39, 0.29) is 6.54 Å². The van der Waals surface area contributed by atoms with Crippen molar-refractivity contribution in [2.45, 2.75) is 6.10 Å². The molecule has 0 aliphatic rings. The number of hydrogen-bond acceptors (Lipinski definition) is 4. The highest BCUT2D eigenvalue weighted by Crippen LogP contribution is 2.20. The minimum Gasteiger partial charge on any atom is -0.467 e. The summed E-state index contributed by atoms with van der Waals surface area (Å²) in [7, 11) is 1.15. The molecular weight excluding hydrogens is 325 g/mol. The molecule has 0 aliphatic carbocycles. The average Bonchev–Trinajstić information content (AvgIpc) is 2.37. The Morgan fingerprint density at radius 3 is 2.83 bits per heavy atom. The lowest BCUT2D eigenvalue weighted by atomic mass is 10.2. The molecule has 0 heterocycles. The van der Waals surface area contributed by atoms with Crippen molar-refractivity contribution in [1.29, 1.82) is 0 Å². The zero-order valence-electron chi connectivity index (χ0n) is 9.44. The smallest absolute Gasteiger partial charge is 0.336 e. The maximum absolute atomic E-state index is 11.8. The molecule has 0 aliphatic heterocycles. The van der Waals surface area contributed by atoms with Crippen LogP contribution in [0.1, 0.15) is 10.4 Å². The predicted molar refractivity (Wildman–Crippen MR) is 69.5 cm³/mol. The standard InChI is InChI=1S/C11H11BrClNO4/c1-18-11(17)9(15)5-14-10(16)7-4-6(13)2-3-8(7)12/h2-4,9,15H,5H2,1H3,(H,14,16). The second-order valence-corrected chi connectivity index (χ2v) is 4.66. The highest BCUT2D eigenvalue weighted by molar-refractivity contribution is 9.10. The van der Waals surface area contributed by atoms with Crippen LogP contribution >= 0.6 is 27.5 Å². The van der Waals surface area contributed by atoms with E-state index in [4.69, 9.17) is 11.6 Å². The molecule has 1 amide bonds. The van der Waals surface area contributed by atoms with E-state index in [1.165, 1.54) is 6.07 Å².